The molecular formula is C70H69BN2. The van der Waals surface area contributed by atoms with Crippen molar-refractivity contribution in [1.29, 1.82) is 0 Å². The van der Waals surface area contributed by atoms with E-state index in [0.29, 0.717) is 0 Å². The van der Waals surface area contributed by atoms with Crippen molar-refractivity contribution >= 4 is 57.2 Å². The second kappa shape index (κ2) is 17.7. The van der Waals surface area contributed by atoms with E-state index in [0.717, 1.165) is 11.4 Å². The third-order valence-corrected chi connectivity index (χ3v) is 16.7. The maximum Gasteiger partial charge on any atom is 0.252 e. The normalized spacial score (nSPS) is 13.6. The SMILES string of the molecule is CC(C)(C)c1ccc(N2c3ccc(C(C)(C)C)cc3B3c4ccc(C(C)(C)c5ccccc5)cc4N(c4cccc(C(C)(C)c5ccccc5)c4)c4cc(C(C)(c5ccccc5)c5ccccc5)cc2c43)cc1. The fourth-order valence-corrected chi connectivity index (χ4v) is 11.9. The van der Waals surface area contributed by atoms with Crippen LogP contribution < -0.4 is 26.2 Å². The number of hydrogen-bond acceptors (Lipinski definition) is 2. The molecule has 0 fully saturated rings. The molecule has 9 aromatic carbocycles. The number of fused-ring (bicyclic) bond motifs is 4. The Morgan fingerprint density at radius 1 is 0.274 bits per heavy atom. The third-order valence-electron chi connectivity index (χ3n) is 16.7. The molecule has 0 amide bonds. The van der Waals surface area contributed by atoms with Crippen molar-refractivity contribution in [2.75, 3.05) is 9.80 Å². The van der Waals surface area contributed by atoms with Gasteiger partial charge in [0.05, 0.1) is 0 Å². The lowest BCUT2D eigenvalue weighted by Gasteiger charge is -2.46. The van der Waals surface area contributed by atoms with E-state index in [1.54, 1.807) is 0 Å². The van der Waals surface area contributed by atoms with Crippen molar-refractivity contribution in [3.05, 3.63) is 268 Å². The highest BCUT2D eigenvalue weighted by Crippen LogP contribution is 2.50. The van der Waals surface area contributed by atoms with Gasteiger partial charge in [-0.3, -0.25) is 0 Å². The standard InChI is InChI=1S/C70H69BN2/c1-66(2,3)48-35-39-57(40-36-48)72-61-42-38-53(67(4,5)6)44-60(61)71-59-41-37-55(69(9,10)50-27-18-13-19-28-50)45-62(59)73(58-34-24-33-54(43-58)68(7,8)49-25-16-12-17-26-49)64-47-56(46-63(72)65(64)71)70(11,51-29-20-14-21-30-51)52-31-22-15-23-32-52/h12-47H,1-11H3. The first-order valence-electron chi connectivity index (χ1n) is 26.4. The molecule has 0 aromatic heterocycles. The molecule has 0 N–H and O–H groups in total. The Bertz CT molecular complexity index is 3430. The second-order valence-electron chi connectivity index (χ2n) is 24.0. The first-order chi connectivity index (χ1) is 34.9. The molecule has 0 aliphatic carbocycles. The minimum absolute atomic E-state index is 0.0130. The van der Waals surface area contributed by atoms with Crippen LogP contribution in [0.2, 0.25) is 0 Å². The molecule has 2 heterocycles. The first kappa shape index (κ1) is 47.9. The predicted molar refractivity (Wildman–Crippen MR) is 313 cm³/mol. The molecule has 0 saturated heterocycles. The highest BCUT2D eigenvalue weighted by Gasteiger charge is 2.46. The van der Waals surface area contributed by atoms with Crippen LogP contribution in [0.5, 0.6) is 0 Å². The Hall–Kier alpha value is -7.36. The highest BCUT2D eigenvalue weighted by molar-refractivity contribution is 7.00. The molecule has 0 unspecified atom stereocenters. The first-order valence-corrected chi connectivity index (χ1v) is 26.4. The van der Waals surface area contributed by atoms with Gasteiger partial charge in [-0.1, -0.05) is 239 Å². The van der Waals surface area contributed by atoms with Crippen molar-refractivity contribution in [2.45, 2.75) is 103 Å². The molecule has 362 valence electrons. The van der Waals surface area contributed by atoms with Crippen LogP contribution in [0.4, 0.5) is 34.1 Å². The maximum absolute atomic E-state index is 2.64. The summed E-state index contributed by atoms with van der Waals surface area (Å²) in [5.41, 5.74) is 21.5. The number of benzene rings is 9. The Morgan fingerprint density at radius 3 is 1.21 bits per heavy atom. The Kier molecular flexibility index (Phi) is 11.6. The van der Waals surface area contributed by atoms with E-state index in [-0.39, 0.29) is 28.4 Å². The summed E-state index contributed by atoms with van der Waals surface area (Å²) in [6.07, 6.45) is 0. The Labute approximate surface area is 436 Å². The molecular weight excluding hydrogens is 880 g/mol. The summed E-state index contributed by atoms with van der Waals surface area (Å²) in [6.45, 7) is 25.8. The van der Waals surface area contributed by atoms with Crippen LogP contribution in [0.3, 0.4) is 0 Å². The fraction of sp³-hybridized carbons (Fsp3) is 0.229. The molecule has 0 bridgehead atoms. The Balaban J connectivity index is 1.28. The zero-order chi connectivity index (χ0) is 51.1. The van der Waals surface area contributed by atoms with Crippen molar-refractivity contribution in [3.63, 3.8) is 0 Å². The van der Waals surface area contributed by atoms with Crippen molar-refractivity contribution < 1.29 is 0 Å². The van der Waals surface area contributed by atoms with E-state index >= 15 is 0 Å². The van der Waals surface area contributed by atoms with E-state index < -0.39 is 5.41 Å². The minimum atomic E-state index is -0.526. The molecule has 9 aromatic rings. The molecule has 2 aliphatic heterocycles. The van der Waals surface area contributed by atoms with Crippen LogP contribution >= 0.6 is 0 Å². The van der Waals surface area contributed by atoms with E-state index in [2.05, 4.69) is 304 Å². The summed E-state index contributed by atoms with van der Waals surface area (Å²) in [6, 6.07) is 83.0. The van der Waals surface area contributed by atoms with Gasteiger partial charge in [-0.2, -0.15) is 0 Å². The molecule has 2 aliphatic rings. The Morgan fingerprint density at radius 2 is 0.699 bits per heavy atom. The monoisotopic (exact) mass is 949 g/mol. The van der Waals surface area contributed by atoms with Gasteiger partial charge in [-0.05, 0) is 133 Å². The fourth-order valence-electron chi connectivity index (χ4n) is 11.9. The molecule has 2 nitrogen and oxygen atoms in total. The van der Waals surface area contributed by atoms with Gasteiger partial charge in [-0.25, -0.2) is 0 Å². The lowest BCUT2D eigenvalue weighted by atomic mass is 9.33. The van der Waals surface area contributed by atoms with Crippen molar-refractivity contribution in [1.82, 2.24) is 0 Å². The number of nitrogens with zero attached hydrogens (tertiary/aromatic N) is 2. The van der Waals surface area contributed by atoms with Gasteiger partial charge in [0.15, 0.2) is 0 Å². The topological polar surface area (TPSA) is 6.48 Å². The molecule has 73 heavy (non-hydrogen) atoms. The summed E-state index contributed by atoms with van der Waals surface area (Å²) in [5.74, 6) is 0. The minimum Gasteiger partial charge on any atom is -0.311 e. The number of anilines is 6. The van der Waals surface area contributed by atoms with Crippen LogP contribution in [-0.2, 0) is 27.1 Å². The average Bonchev–Trinajstić information content (AvgIpc) is 3.41. The summed E-state index contributed by atoms with van der Waals surface area (Å²) < 4.78 is 0. The largest absolute Gasteiger partial charge is 0.311 e. The number of hydrogen-bond donors (Lipinski definition) is 0. The lowest BCUT2D eigenvalue weighted by molar-refractivity contribution is 0.590. The molecule has 0 saturated carbocycles. The molecule has 3 heteroatoms. The smallest absolute Gasteiger partial charge is 0.252 e. The summed E-state index contributed by atoms with van der Waals surface area (Å²) in [5, 5.41) is 0. The zero-order valence-corrected chi connectivity index (χ0v) is 44.8. The van der Waals surface area contributed by atoms with Gasteiger partial charge < -0.3 is 9.80 Å². The highest BCUT2D eigenvalue weighted by atomic mass is 15.2. The van der Waals surface area contributed by atoms with Crippen LogP contribution in [0.25, 0.3) is 0 Å². The third kappa shape index (κ3) is 8.13. The zero-order valence-electron chi connectivity index (χ0n) is 44.8. The summed E-state index contributed by atoms with van der Waals surface area (Å²) >= 11 is 0. The van der Waals surface area contributed by atoms with Crippen LogP contribution in [-0.4, -0.2) is 6.71 Å². The van der Waals surface area contributed by atoms with Gasteiger partial charge >= 0.3 is 0 Å². The van der Waals surface area contributed by atoms with Gasteiger partial charge in [0.2, 0.25) is 0 Å². The van der Waals surface area contributed by atoms with Crippen LogP contribution in [0, 0.1) is 0 Å². The van der Waals surface area contributed by atoms with Crippen LogP contribution in [0.1, 0.15) is 126 Å². The average molecular weight is 949 g/mol. The van der Waals surface area contributed by atoms with Gasteiger partial charge in [0.25, 0.3) is 6.71 Å². The van der Waals surface area contributed by atoms with Crippen molar-refractivity contribution in [3.8, 4) is 0 Å². The molecule has 0 radical (unpaired) electrons. The quantitative estimate of drug-likeness (QED) is 0.105. The lowest BCUT2D eigenvalue weighted by Crippen LogP contribution is -2.61. The van der Waals surface area contributed by atoms with Gasteiger partial charge in [-0.15, -0.1) is 0 Å². The molecule has 0 atom stereocenters. The summed E-state index contributed by atoms with van der Waals surface area (Å²) in [4.78, 5) is 5.23. The number of rotatable bonds is 9. The summed E-state index contributed by atoms with van der Waals surface area (Å²) in [7, 11) is 0. The van der Waals surface area contributed by atoms with Crippen LogP contribution in [0.15, 0.2) is 218 Å². The van der Waals surface area contributed by atoms with Gasteiger partial charge in [0, 0.05) is 50.4 Å². The molecule has 0 spiro atoms. The maximum atomic E-state index is 2.64. The van der Waals surface area contributed by atoms with E-state index in [1.807, 2.05) is 0 Å². The molecule has 11 rings (SSSR count). The van der Waals surface area contributed by atoms with Gasteiger partial charge in [0.1, 0.15) is 0 Å². The predicted octanol–water partition coefficient (Wildman–Crippen LogP) is 16.4. The van der Waals surface area contributed by atoms with E-state index in [1.165, 1.54) is 89.2 Å². The van der Waals surface area contributed by atoms with Crippen molar-refractivity contribution in [2.24, 2.45) is 0 Å². The second-order valence-corrected chi connectivity index (χ2v) is 24.0. The van der Waals surface area contributed by atoms with E-state index in [9.17, 15) is 0 Å². The van der Waals surface area contributed by atoms with E-state index in [4.69, 9.17) is 0 Å².